The number of aromatic hydroxyl groups is 5. The first-order valence-electron chi connectivity index (χ1n) is 18.3. The minimum atomic E-state index is -0.998. The number of aromatic amines is 1. The molecule has 0 atom stereocenters. The van der Waals surface area contributed by atoms with Gasteiger partial charge in [0.1, 0.15) is 0 Å². The van der Waals surface area contributed by atoms with Crippen molar-refractivity contribution in [1.29, 1.82) is 0 Å². The zero-order chi connectivity index (χ0) is 38.1. The van der Waals surface area contributed by atoms with Gasteiger partial charge in [-0.1, -0.05) is 146 Å². The van der Waals surface area contributed by atoms with Gasteiger partial charge < -0.3 is 30.5 Å². The smallest absolute Gasteiger partial charge is 0.208 e. The van der Waals surface area contributed by atoms with Crippen LogP contribution in [-0.4, -0.2) is 30.5 Å². The summed E-state index contributed by atoms with van der Waals surface area (Å²) in [6.07, 6.45) is 0. The quantitative estimate of drug-likeness (QED) is 0.0600. The van der Waals surface area contributed by atoms with Gasteiger partial charge in [-0.2, -0.15) is 0 Å². The lowest BCUT2D eigenvalue weighted by molar-refractivity contribution is 0.330. The van der Waals surface area contributed by atoms with Crippen molar-refractivity contribution in [1.82, 2.24) is 4.98 Å². The van der Waals surface area contributed by atoms with Gasteiger partial charge in [-0.3, -0.25) is 0 Å². The molecule has 268 valence electrons. The average Bonchev–Trinajstić information content (AvgIpc) is 3.63. The first kappa shape index (κ1) is 32.9. The number of benzene rings is 9. The van der Waals surface area contributed by atoms with E-state index in [1.165, 1.54) is 0 Å². The van der Waals surface area contributed by atoms with Gasteiger partial charge in [0.2, 0.25) is 17.2 Å². The second-order valence-corrected chi connectivity index (χ2v) is 14.0. The van der Waals surface area contributed by atoms with Crippen molar-refractivity contribution in [2.24, 2.45) is 0 Å². The summed E-state index contributed by atoms with van der Waals surface area (Å²) < 4.78 is 0. The van der Waals surface area contributed by atoms with E-state index in [0.29, 0.717) is 16.3 Å². The van der Waals surface area contributed by atoms with E-state index in [4.69, 9.17) is 0 Å². The van der Waals surface area contributed by atoms with Crippen LogP contribution < -0.4 is 0 Å². The maximum absolute atomic E-state index is 11.2. The number of phenols is 5. The van der Waals surface area contributed by atoms with E-state index < -0.39 is 28.7 Å². The highest BCUT2D eigenvalue weighted by Gasteiger charge is 2.28. The van der Waals surface area contributed by atoms with Crippen LogP contribution in [0.15, 0.2) is 164 Å². The average molecular weight is 728 g/mol. The number of phenolic OH excluding ortho intramolecular Hbond substituents is 5. The molecule has 0 fully saturated rings. The van der Waals surface area contributed by atoms with Crippen LogP contribution in [0.4, 0.5) is 0 Å². The van der Waals surface area contributed by atoms with Gasteiger partial charge >= 0.3 is 0 Å². The summed E-state index contributed by atoms with van der Waals surface area (Å²) in [7, 11) is 0. The van der Waals surface area contributed by atoms with E-state index in [2.05, 4.69) is 108 Å². The Bertz CT molecular complexity index is 3110. The van der Waals surface area contributed by atoms with Gasteiger partial charge in [-0.25, -0.2) is 0 Å². The van der Waals surface area contributed by atoms with E-state index in [1.54, 1.807) is 0 Å². The van der Waals surface area contributed by atoms with Crippen LogP contribution in [-0.2, 0) is 0 Å². The first-order valence-corrected chi connectivity index (χ1v) is 18.3. The molecule has 6 heteroatoms. The molecule has 6 N–H and O–H groups in total. The van der Waals surface area contributed by atoms with Crippen LogP contribution in [0.2, 0.25) is 0 Å². The molecule has 0 amide bonds. The summed E-state index contributed by atoms with van der Waals surface area (Å²) in [5.41, 5.74) is 10.8. The Morgan fingerprint density at radius 1 is 0.286 bits per heavy atom. The highest BCUT2D eigenvalue weighted by atomic mass is 16.4. The minimum absolute atomic E-state index is 0.182. The number of para-hydroxylation sites is 1. The van der Waals surface area contributed by atoms with Crippen molar-refractivity contribution in [3.63, 3.8) is 0 Å². The van der Waals surface area contributed by atoms with Gasteiger partial charge in [0.15, 0.2) is 11.5 Å². The van der Waals surface area contributed by atoms with Crippen molar-refractivity contribution in [3.05, 3.63) is 164 Å². The third kappa shape index (κ3) is 4.90. The molecule has 0 spiro atoms. The fourth-order valence-electron chi connectivity index (χ4n) is 8.51. The molecule has 0 radical (unpaired) electrons. The molecule has 0 aliphatic rings. The Labute approximate surface area is 321 Å². The molecule has 10 rings (SSSR count). The van der Waals surface area contributed by atoms with E-state index >= 15 is 0 Å². The lowest BCUT2D eigenvalue weighted by Gasteiger charge is -2.20. The fraction of sp³-hybridized carbons (Fsp3) is 0. The van der Waals surface area contributed by atoms with Crippen LogP contribution in [0.5, 0.6) is 28.7 Å². The second kappa shape index (κ2) is 12.7. The molecular weight excluding hydrogens is 695 g/mol. The first-order chi connectivity index (χ1) is 27.4. The molecule has 0 unspecified atom stereocenters. The monoisotopic (exact) mass is 727 g/mol. The number of H-pyrrole nitrogens is 1. The molecule has 56 heavy (non-hydrogen) atoms. The lowest BCUT2D eigenvalue weighted by Crippen LogP contribution is -1.93. The van der Waals surface area contributed by atoms with Gasteiger partial charge in [0.25, 0.3) is 0 Å². The number of rotatable bonds is 5. The standard InChI is InChI=1S/C50H33NO5/c52-46-45(47(53)49(55)50(56)48(46)54)43-35-21-8-6-19-33(35)41(34-20-7-9-22-36(34)43)29-15-12-16-30(27-29)42-37(25-26-40-44(42)38-23-10-11-24-39(38)51-40)32-18-5-4-17-31(32)28-13-2-1-3-14-28/h1-27,51-56H. The largest absolute Gasteiger partial charge is 0.504 e. The van der Waals surface area contributed by atoms with Crippen LogP contribution >= 0.6 is 0 Å². The molecule has 0 saturated heterocycles. The molecule has 0 aliphatic heterocycles. The van der Waals surface area contributed by atoms with E-state index in [-0.39, 0.29) is 5.56 Å². The third-order valence-corrected chi connectivity index (χ3v) is 11.0. The van der Waals surface area contributed by atoms with E-state index in [9.17, 15) is 25.5 Å². The van der Waals surface area contributed by atoms with Crippen LogP contribution in [0.25, 0.3) is 99.0 Å². The van der Waals surface area contributed by atoms with Gasteiger partial charge in [-0.15, -0.1) is 0 Å². The summed E-state index contributed by atoms with van der Waals surface area (Å²) in [4.78, 5) is 3.66. The Morgan fingerprint density at radius 3 is 1.41 bits per heavy atom. The van der Waals surface area contributed by atoms with Gasteiger partial charge in [0, 0.05) is 27.4 Å². The predicted octanol–water partition coefficient (Wildman–Crippen LogP) is 12.5. The second-order valence-electron chi connectivity index (χ2n) is 14.0. The highest BCUT2D eigenvalue weighted by molar-refractivity contribution is 6.23. The van der Waals surface area contributed by atoms with Crippen LogP contribution in [0.1, 0.15) is 0 Å². The van der Waals surface area contributed by atoms with Crippen molar-refractivity contribution in [2.45, 2.75) is 0 Å². The predicted molar refractivity (Wildman–Crippen MR) is 226 cm³/mol. The Balaban J connectivity index is 1.28. The molecule has 1 aromatic heterocycles. The van der Waals surface area contributed by atoms with Crippen LogP contribution in [0, 0.1) is 0 Å². The summed E-state index contributed by atoms with van der Waals surface area (Å²) in [6, 6.07) is 55.7. The molecule has 0 aliphatic carbocycles. The molecule has 9 aromatic carbocycles. The SMILES string of the molecule is Oc1c(O)c(O)c(-c2c3ccccc3c(-c3cccc(-c4c(-c5ccccc5-c5ccccc5)ccc5[nH]c6ccccc6c45)c3)c3ccccc23)c(O)c1O. The fourth-order valence-corrected chi connectivity index (χ4v) is 8.51. The number of aromatic nitrogens is 1. The summed E-state index contributed by atoms with van der Waals surface area (Å²) in [5.74, 6) is -4.31. The molecule has 6 nitrogen and oxygen atoms in total. The number of nitrogens with one attached hydrogen (secondary N) is 1. The Morgan fingerprint density at radius 2 is 0.768 bits per heavy atom. The number of hydrogen-bond acceptors (Lipinski definition) is 5. The minimum Gasteiger partial charge on any atom is -0.504 e. The van der Waals surface area contributed by atoms with Crippen molar-refractivity contribution in [3.8, 4) is 84.4 Å². The van der Waals surface area contributed by atoms with E-state index in [1.807, 2.05) is 60.7 Å². The topological polar surface area (TPSA) is 117 Å². The van der Waals surface area contributed by atoms with Gasteiger partial charge in [0.05, 0.1) is 5.56 Å². The van der Waals surface area contributed by atoms with Gasteiger partial charge in [-0.05, 0) is 84.3 Å². The Kier molecular flexibility index (Phi) is 7.47. The molecule has 0 bridgehead atoms. The molecule has 10 aromatic rings. The van der Waals surface area contributed by atoms with Crippen molar-refractivity contribution < 1.29 is 25.5 Å². The van der Waals surface area contributed by atoms with Crippen LogP contribution in [0.3, 0.4) is 0 Å². The van der Waals surface area contributed by atoms with E-state index in [0.717, 1.165) is 77.1 Å². The molecule has 1 heterocycles. The Hall–Kier alpha value is -7.70. The maximum Gasteiger partial charge on any atom is 0.208 e. The summed E-state index contributed by atoms with van der Waals surface area (Å²) in [6.45, 7) is 0. The van der Waals surface area contributed by atoms with Crippen molar-refractivity contribution in [2.75, 3.05) is 0 Å². The third-order valence-electron chi connectivity index (χ3n) is 11.0. The molecular formula is C50H33NO5. The summed E-state index contributed by atoms with van der Waals surface area (Å²) in [5, 5.41) is 59.0. The lowest BCUT2D eigenvalue weighted by atomic mass is 9.83. The highest BCUT2D eigenvalue weighted by Crippen LogP contribution is 2.58. The summed E-state index contributed by atoms with van der Waals surface area (Å²) >= 11 is 0. The number of fused-ring (bicyclic) bond motifs is 5. The number of hydrogen-bond donors (Lipinski definition) is 6. The maximum atomic E-state index is 11.2. The van der Waals surface area contributed by atoms with Crippen molar-refractivity contribution >= 4 is 43.4 Å². The zero-order valence-electron chi connectivity index (χ0n) is 29.8. The normalized spacial score (nSPS) is 11.6. The molecule has 0 saturated carbocycles. The zero-order valence-corrected chi connectivity index (χ0v) is 29.8.